The van der Waals surface area contributed by atoms with Crippen LogP contribution in [0.25, 0.3) is 0 Å². The Morgan fingerprint density at radius 3 is 2.95 bits per heavy atom. The van der Waals surface area contributed by atoms with Crippen LogP contribution in [0.2, 0.25) is 0 Å². The molecule has 2 amide bonds. The number of benzene rings is 1. The molecule has 1 saturated heterocycles. The van der Waals surface area contributed by atoms with Crippen LogP contribution < -0.4 is 15.4 Å². The van der Waals surface area contributed by atoms with Crippen molar-refractivity contribution in [2.24, 2.45) is 5.92 Å². The molecular formula is C17H26N2O3. The van der Waals surface area contributed by atoms with Gasteiger partial charge in [0.05, 0.1) is 12.7 Å². The standard InChI is InChI=1S/C17H26N2O3/c1-4-21-16-6-5-15(9-12(16)2)19-17(20)18-11-14-7-8-22-13(3)10-14/h5-6,9,13-14H,4,7-8,10-11H2,1-3H3,(H2,18,19,20)/t13-,14+/m0/s1. The Hall–Kier alpha value is -1.75. The second kappa shape index (κ2) is 8.03. The lowest BCUT2D eigenvalue weighted by atomic mass is 9.96. The molecule has 0 unspecified atom stereocenters. The molecule has 0 saturated carbocycles. The Kier molecular flexibility index (Phi) is 6.07. The summed E-state index contributed by atoms with van der Waals surface area (Å²) in [5, 5.41) is 5.81. The molecule has 0 aliphatic carbocycles. The molecule has 5 nitrogen and oxygen atoms in total. The topological polar surface area (TPSA) is 59.6 Å². The number of anilines is 1. The fourth-order valence-electron chi connectivity index (χ4n) is 2.73. The average molecular weight is 306 g/mol. The van der Waals surface area contributed by atoms with Crippen molar-refractivity contribution < 1.29 is 14.3 Å². The van der Waals surface area contributed by atoms with Gasteiger partial charge in [0.25, 0.3) is 0 Å². The smallest absolute Gasteiger partial charge is 0.319 e. The number of amides is 2. The van der Waals surface area contributed by atoms with E-state index in [1.54, 1.807) is 0 Å². The molecule has 1 aliphatic rings. The van der Waals surface area contributed by atoms with E-state index in [9.17, 15) is 4.79 Å². The largest absolute Gasteiger partial charge is 0.494 e. The number of hydrogen-bond acceptors (Lipinski definition) is 3. The quantitative estimate of drug-likeness (QED) is 0.877. The van der Waals surface area contributed by atoms with Crippen LogP contribution in [0.3, 0.4) is 0 Å². The first-order chi connectivity index (χ1) is 10.6. The van der Waals surface area contributed by atoms with Gasteiger partial charge in [0, 0.05) is 18.8 Å². The van der Waals surface area contributed by atoms with Gasteiger partial charge < -0.3 is 20.1 Å². The molecule has 1 aromatic rings. The minimum Gasteiger partial charge on any atom is -0.494 e. The van der Waals surface area contributed by atoms with E-state index in [-0.39, 0.29) is 12.1 Å². The molecule has 2 rings (SSSR count). The maximum absolute atomic E-state index is 12.0. The highest BCUT2D eigenvalue weighted by Crippen LogP contribution is 2.22. The molecule has 5 heteroatoms. The first kappa shape index (κ1) is 16.6. The number of hydrogen-bond donors (Lipinski definition) is 2. The normalized spacial score (nSPS) is 21.2. The number of nitrogens with one attached hydrogen (secondary N) is 2. The molecule has 1 heterocycles. The van der Waals surface area contributed by atoms with Gasteiger partial charge in [0.15, 0.2) is 0 Å². The maximum Gasteiger partial charge on any atom is 0.319 e. The van der Waals surface area contributed by atoms with E-state index in [0.717, 1.165) is 36.4 Å². The van der Waals surface area contributed by atoms with E-state index in [0.29, 0.717) is 19.1 Å². The highest BCUT2D eigenvalue weighted by molar-refractivity contribution is 5.89. The third-order valence-corrected chi connectivity index (χ3v) is 3.88. The van der Waals surface area contributed by atoms with Crippen molar-refractivity contribution in [1.29, 1.82) is 0 Å². The summed E-state index contributed by atoms with van der Waals surface area (Å²) in [5.74, 6) is 1.35. The Balaban J connectivity index is 1.80. The zero-order valence-corrected chi connectivity index (χ0v) is 13.6. The lowest BCUT2D eigenvalue weighted by molar-refractivity contribution is 0.00354. The van der Waals surface area contributed by atoms with Crippen LogP contribution in [-0.2, 0) is 4.74 Å². The molecule has 1 aromatic carbocycles. The molecule has 22 heavy (non-hydrogen) atoms. The molecule has 0 bridgehead atoms. The fourth-order valence-corrected chi connectivity index (χ4v) is 2.73. The molecule has 0 aromatic heterocycles. The van der Waals surface area contributed by atoms with Crippen LogP contribution in [0.15, 0.2) is 18.2 Å². The molecular weight excluding hydrogens is 280 g/mol. The number of ether oxygens (including phenoxy) is 2. The summed E-state index contributed by atoms with van der Waals surface area (Å²) in [4.78, 5) is 12.0. The number of rotatable bonds is 5. The minimum atomic E-state index is -0.164. The van der Waals surface area contributed by atoms with Crippen LogP contribution in [0.1, 0.15) is 32.3 Å². The number of aryl methyl sites for hydroxylation is 1. The van der Waals surface area contributed by atoms with Crippen LogP contribution in [0, 0.1) is 12.8 Å². The molecule has 1 fully saturated rings. The van der Waals surface area contributed by atoms with E-state index in [2.05, 4.69) is 17.6 Å². The highest BCUT2D eigenvalue weighted by atomic mass is 16.5. The lowest BCUT2D eigenvalue weighted by Gasteiger charge is -2.27. The Morgan fingerprint density at radius 2 is 2.27 bits per heavy atom. The Bertz CT molecular complexity index is 505. The monoisotopic (exact) mass is 306 g/mol. The summed E-state index contributed by atoms with van der Waals surface area (Å²) in [6.07, 6.45) is 2.30. The van der Waals surface area contributed by atoms with Crippen molar-refractivity contribution in [3.05, 3.63) is 23.8 Å². The predicted octanol–water partition coefficient (Wildman–Crippen LogP) is 3.33. The van der Waals surface area contributed by atoms with E-state index in [4.69, 9.17) is 9.47 Å². The van der Waals surface area contributed by atoms with Crippen molar-refractivity contribution in [3.63, 3.8) is 0 Å². The van der Waals surface area contributed by atoms with Gasteiger partial charge in [-0.05, 0) is 63.3 Å². The summed E-state index contributed by atoms with van der Waals surface area (Å²) in [6, 6.07) is 5.49. The minimum absolute atomic E-state index is 0.164. The predicted molar refractivity (Wildman–Crippen MR) is 87.5 cm³/mol. The summed E-state index contributed by atoms with van der Waals surface area (Å²) < 4.78 is 11.0. The van der Waals surface area contributed by atoms with E-state index in [1.807, 2.05) is 32.0 Å². The first-order valence-corrected chi connectivity index (χ1v) is 7.98. The molecule has 2 N–H and O–H groups in total. The van der Waals surface area contributed by atoms with Gasteiger partial charge in [0.1, 0.15) is 5.75 Å². The fraction of sp³-hybridized carbons (Fsp3) is 0.588. The second-order valence-electron chi connectivity index (χ2n) is 5.82. The van der Waals surface area contributed by atoms with Crippen LogP contribution >= 0.6 is 0 Å². The Morgan fingerprint density at radius 1 is 1.45 bits per heavy atom. The first-order valence-electron chi connectivity index (χ1n) is 7.98. The van der Waals surface area contributed by atoms with Gasteiger partial charge in [-0.15, -0.1) is 0 Å². The molecule has 122 valence electrons. The summed E-state index contributed by atoms with van der Waals surface area (Å²) in [6.45, 7) is 8.11. The third kappa shape index (κ3) is 4.91. The van der Waals surface area contributed by atoms with Crippen LogP contribution in [-0.4, -0.2) is 31.9 Å². The van der Waals surface area contributed by atoms with Crippen molar-refractivity contribution in [2.75, 3.05) is 25.1 Å². The highest BCUT2D eigenvalue weighted by Gasteiger charge is 2.19. The van der Waals surface area contributed by atoms with Crippen LogP contribution in [0.4, 0.5) is 10.5 Å². The van der Waals surface area contributed by atoms with Crippen molar-refractivity contribution in [1.82, 2.24) is 5.32 Å². The summed E-state index contributed by atoms with van der Waals surface area (Å²) in [7, 11) is 0. The number of carbonyl (C=O) groups excluding carboxylic acids is 1. The average Bonchev–Trinajstić information content (AvgIpc) is 2.48. The van der Waals surface area contributed by atoms with Gasteiger partial charge in [-0.1, -0.05) is 0 Å². The molecule has 0 spiro atoms. The molecule has 0 radical (unpaired) electrons. The summed E-state index contributed by atoms with van der Waals surface area (Å²) >= 11 is 0. The van der Waals surface area contributed by atoms with E-state index < -0.39 is 0 Å². The summed E-state index contributed by atoms with van der Waals surface area (Å²) in [5.41, 5.74) is 1.79. The van der Waals surface area contributed by atoms with Gasteiger partial charge in [-0.3, -0.25) is 0 Å². The van der Waals surface area contributed by atoms with Gasteiger partial charge in [-0.25, -0.2) is 4.79 Å². The maximum atomic E-state index is 12.0. The zero-order chi connectivity index (χ0) is 15.9. The van der Waals surface area contributed by atoms with Crippen molar-refractivity contribution in [3.8, 4) is 5.75 Å². The van der Waals surface area contributed by atoms with Gasteiger partial charge in [-0.2, -0.15) is 0 Å². The van der Waals surface area contributed by atoms with Crippen molar-refractivity contribution in [2.45, 2.75) is 39.7 Å². The van der Waals surface area contributed by atoms with Gasteiger partial charge >= 0.3 is 6.03 Å². The number of carbonyl (C=O) groups is 1. The SMILES string of the molecule is CCOc1ccc(NC(=O)NC[C@@H]2CCO[C@@H](C)C2)cc1C. The molecule has 1 aliphatic heterocycles. The van der Waals surface area contributed by atoms with Gasteiger partial charge in [0.2, 0.25) is 0 Å². The molecule has 2 atom stereocenters. The van der Waals surface area contributed by atoms with E-state index >= 15 is 0 Å². The van der Waals surface area contributed by atoms with E-state index in [1.165, 1.54) is 0 Å². The zero-order valence-electron chi connectivity index (χ0n) is 13.6. The lowest BCUT2D eigenvalue weighted by Crippen LogP contribution is -2.36. The van der Waals surface area contributed by atoms with Crippen LogP contribution in [0.5, 0.6) is 5.75 Å². The second-order valence-corrected chi connectivity index (χ2v) is 5.82. The third-order valence-electron chi connectivity index (χ3n) is 3.88. The number of urea groups is 1. The van der Waals surface area contributed by atoms with Crippen molar-refractivity contribution >= 4 is 11.7 Å². The Labute approximate surface area is 132 Å².